The molecule has 1 fully saturated rings. The van der Waals surface area contributed by atoms with E-state index in [1.165, 1.54) is 43.6 Å². The molecular formula is C20H24N8OS. The van der Waals surface area contributed by atoms with Crippen molar-refractivity contribution in [1.82, 2.24) is 20.3 Å². The number of nitrogens with two attached hydrogens (primary N) is 2. The van der Waals surface area contributed by atoms with Crippen molar-refractivity contribution < 1.29 is 4.74 Å². The number of rotatable bonds is 6. The van der Waals surface area contributed by atoms with E-state index in [1.807, 2.05) is 35.7 Å². The maximum absolute atomic E-state index is 6.54. The number of fused-ring (bicyclic) bond motifs is 1. The van der Waals surface area contributed by atoms with Gasteiger partial charge < -0.3 is 10.5 Å². The minimum atomic E-state index is -1.19. The minimum Gasteiger partial charge on any atom is -0.492 e. The summed E-state index contributed by atoms with van der Waals surface area (Å²) in [6, 6.07) is 9.56. The first kappa shape index (κ1) is 19.2. The molecule has 9 nitrogen and oxygen atoms in total. The van der Waals surface area contributed by atoms with Crippen LogP contribution in [0.1, 0.15) is 18.4 Å². The van der Waals surface area contributed by atoms with Gasteiger partial charge in [0.05, 0.1) is 10.2 Å². The first-order valence-corrected chi connectivity index (χ1v) is 10.9. The predicted molar refractivity (Wildman–Crippen MR) is 118 cm³/mol. The SMILES string of the molecule is NC1=NC(N)(c2ccc(OCCN3CCCC3)cc2)NN1c1ncnc2ccsc12. The summed E-state index contributed by atoms with van der Waals surface area (Å²) in [6.45, 7) is 3.97. The summed E-state index contributed by atoms with van der Waals surface area (Å²) < 4.78 is 6.79. The zero-order chi connectivity index (χ0) is 20.6. The number of anilines is 1. The largest absolute Gasteiger partial charge is 0.492 e. The molecule has 1 saturated heterocycles. The van der Waals surface area contributed by atoms with Gasteiger partial charge in [-0.1, -0.05) is 12.1 Å². The molecular weight excluding hydrogens is 400 g/mol. The maximum Gasteiger partial charge on any atom is 0.215 e. The van der Waals surface area contributed by atoms with Crippen LogP contribution in [-0.4, -0.2) is 47.1 Å². The molecule has 1 unspecified atom stereocenters. The first-order chi connectivity index (χ1) is 14.6. The normalized spacial score (nSPS) is 22.0. The highest BCUT2D eigenvalue weighted by Gasteiger charge is 2.38. The minimum absolute atomic E-state index is 0.247. The lowest BCUT2D eigenvalue weighted by molar-refractivity contribution is 0.237. The van der Waals surface area contributed by atoms with Gasteiger partial charge in [0.15, 0.2) is 5.82 Å². The Kier molecular flexibility index (Phi) is 4.99. The van der Waals surface area contributed by atoms with Gasteiger partial charge in [-0.2, -0.15) is 5.43 Å². The van der Waals surface area contributed by atoms with Crippen molar-refractivity contribution in [2.45, 2.75) is 18.6 Å². The Labute approximate surface area is 178 Å². The molecule has 5 rings (SSSR count). The van der Waals surface area contributed by atoms with Crippen LogP contribution >= 0.6 is 11.3 Å². The number of hydrazine groups is 1. The number of nitrogens with one attached hydrogen (secondary N) is 1. The number of hydrogen-bond donors (Lipinski definition) is 3. The zero-order valence-corrected chi connectivity index (χ0v) is 17.3. The third-order valence-electron chi connectivity index (χ3n) is 5.41. The van der Waals surface area contributed by atoms with E-state index in [0.29, 0.717) is 12.4 Å². The second-order valence-corrected chi connectivity index (χ2v) is 8.35. The van der Waals surface area contributed by atoms with Crippen molar-refractivity contribution in [3.63, 3.8) is 0 Å². The fraction of sp³-hybridized carbons (Fsp3) is 0.350. The molecule has 4 heterocycles. The van der Waals surface area contributed by atoms with E-state index in [9.17, 15) is 0 Å². The molecule has 1 atom stereocenters. The molecule has 2 aromatic heterocycles. The number of nitrogens with zero attached hydrogens (tertiary/aromatic N) is 5. The Morgan fingerprint density at radius 1 is 1.13 bits per heavy atom. The molecule has 0 radical (unpaired) electrons. The summed E-state index contributed by atoms with van der Waals surface area (Å²) >= 11 is 1.54. The van der Waals surface area contributed by atoms with E-state index in [0.717, 1.165) is 28.1 Å². The van der Waals surface area contributed by atoms with Crippen LogP contribution in [0, 0.1) is 0 Å². The lowest BCUT2D eigenvalue weighted by atomic mass is 10.1. The second-order valence-electron chi connectivity index (χ2n) is 7.44. The molecule has 2 aliphatic heterocycles. The Morgan fingerprint density at radius 3 is 2.73 bits per heavy atom. The second kappa shape index (κ2) is 7.80. The van der Waals surface area contributed by atoms with Gasteiger partial charge in [-0.05, 0) is 49.5 Å². The fourth-order valence-electron chi connectivity index (χ4n) is 3.81. The number of hydrogen-bond acceptors (Lipinski definition) is 10. The molecule has 0 aliphatic carbocycles. The summed E-state index contributed by atoms with van der Waals surface area (Å²) in [5, 5.41) is 3.57. The topological polar surface area (TPSA) is 118 Å². The number of guanidine groups is 1. The van der Waals surface area contributed by atoms with Gasteiger partial charge in [0.25, 0.3) is 0 Å². The summed E-state index contributed by atoms with van der Waals surface area (Å²) in [5.74, 6) is 0.499. The molecule has 0 spiro atoms. The predicted octanol–water partition coefficient (Wildman–Crippen LogP) is 1.57. The molecule has 3 aromatic rings. The average molecular weight is 425 g/mol. The Bertz CT molecular complexity index is 1060. The molecule has 0 saturated carbocycles. The Hall–Kier alpha value is -2.79. The van der Waals surface area contributed by atoms with Gasteiger partial charge in [-0.15, -0.1) is 11.3 Å². The lowest BCUT2D eigenvalue weighted by Gasteiger charge is -2.25. The molecule has 2 aliphatic rings. The van der Waals surface area contributed by atoms with Crippen LogP contribution in [0.25, 0.3) is 10.2 Å². The van der Waals surface area contributed by atoms with Crippen molar-refractivity contribution >= 4 is 33.3 Å². The molecule has 0 bridgehead atoms. The number of aliphatic imine (C=N–C) groups is 1. The number of aromatic nitrogens is 2. The number of thiophene rings is 1. The third-order valence-corrected chi connectivity index (χ3v) is 6.31. The summed E-state index contributed by atoms with van der Waals surface area (Å²) in [5.41, 5.74) is 17.5. The quantitative estimate of drug-likeness (QED) is 0.546. The third kappa shape index (κ3) is 3.58. The van der Waals surface area contributed by atoms with Gasteiger partial charge in [-0.25, -0.2) is 20.0 Å². The smallest absolute Gasteiger partial charge is 0.215 e. The van der Waals surface area contributed by atoms with E-state index in [1.54, 1.807) is 5.01 Å². The molecule has 5 N–H and O–H groups in total. The van der Waals surface area contributed by atoms with E-state index >= 15 is 0 Å². The maximum atomic E-state index is 6.54. The molecule has 10 heteroatoms. The first-order valence-electron chi connectivity index (χ1n) is 9.98. The van der Waals surface area contributed by atoms with Crippen molar-refractivity contribution in [2.24, 2.45) is 16.5 Å². The summed E-state index contributed by atoms with van der Waals surface area (Å²) in [7, 11) is 0. The van der Waals surface area contributed by atoms with Crippen LogP contribution in [0.3, 0.4) is 0 Å². The molecule has 0 amide bonds. The van der Waals surface area contributed by atoms with Gasteiger partial charge in [-0.3, -0.25) is 10.6 Å². The van der Waals surface area contributed by atoms with Crippen molar-refractivity contribution in [3.8, 4) is 5.75 Å². The van der Waals surface area contributed by atoms with Crippen molar-refractivity contribution in [1.29, 1.82) is 0 Å². The van der Waals surface area contributed by atoms with Crippen LogP contribution in [0.5, 0.6) is 5.75 Å². The number of ether oxygens (including phenoxy) is 1. The van der Waals surface area contributed by atoms with E-state index in [2.05, 4.69) is 25.3 Å². The van der Waals surface area contributed by atoms with E-state index in [-0.39, 0.29) is 5.96 Å². The fourth-order valence-corrected chi connectivity index (χ4v) is 4.64. The molecule has 156 valence electrons. The van der Waals surface area contributed by atoms with Gasteiger partial charge in [0.2, 0.25) is 11.7 Å². The highest BCUT2D eigenvalue weighted by Crippen LogP contribution is 2.31. The lowest BCUT2D eigenvalue weighted by Crippen LogP contribution is -2.53. The van der Waals surface area contributed by atoms with Crippen molar-refractivity contribution in [3.05, 3.63) is 47.6 Å². The highest BCUT2D eigenvalue weighted by molar-refractivity contribution is 7.17. The van der Waals surface area contributed by atoms with Gasteiger partial charge in [0, 0.05) is 12.1 Å². The summed E-state index contributed by atoms with van der Waals surface area (Å²) in [6.07, 6.45) is 4.08. The van der Waals surface area contributed by atoms with E-state index < -0.39 is 5.79 Å². The number of benzene rings is 1. The van der Waals surface area contributed by atoms with Crippen LogP contribution in [0.2, 0.25) is 0 Å². The van der Waals surface area contributed by atoms with Gasteiger partial charge in [0.1, 0.15) is 18.7 Å². The Morgan fingerprint density at radius 2 is 1.93 bits per heavy atom. The van der Waals surface area contributed by atoms with Gasteiger partial charge >= 0.3 is 0 Å². The van der Waals surface area contributed by atoms with E-state index in [4.69, 9.17) is 16.2 Å². The Balaban J connectivity index is 1.29. The van der Waals surface area contributed by atoms with Crippen molar-refractivity contribution in [2.75, 3.05) is 31.3 Å². The van der Waals surface area contributed by atoms with Crippen LogP contribution < -0.4 is 26.6 Å². The van der Waals surface area contributed by atoms with Crippen LogP contribution in [-0.2, 0) is 5.79 Å². The highest BCUT2D eigenvalue weighted by atomic mass is 32.1. The molecule has 1 aromatic carbocycles. The standard InChI is InChI=1S/C20H24N8OS/c21-19-25-20(22,26-28(19)18-17-16(7-12-30-17)23-13-24-18)14-3-5-15(6-4-14)29-11-10-27-8-1-2-9-27/h3-7,12-13,26H,1-2,8-11,22H2,(H2,21,25). The van der Waals surface area contributed by atoms with Crippen LogP contribution in [0.15, 0.2) is 47.0 Å². The average Bonchev–Trinajstić information content (AvgIpc) is 3.49. The zero-order valence-electron chi connectivity index (χ0n) is 16.5. The monoisotopic (exact) mass is 424 g/mol. The molecule has 30 heavy (non-hydrogen) atoms. The summed E-state index contributed by atoms with van der Waals surface area (Å²) in [4.78, 5) is 15.5. The number of likely N-dealkylation sites (tertiary alicyclic amines) is 1. The van der Waals surface area contributed by atoms with Crippen LogP contribution in [0.4, 0.5) is 5.82 Å².